The van der Waals surface area contributed by atoms with E-state index in [0.29, 0.717) is 12.8 Å². The summed E-state index contributed by atoms with van der Waals surface area (Å²) in [4.78, 5) is 20.7. The molecule has 22 heavy (non-hydrogen) atoms. The van der Waals surface area contributed by atoms with Crippen LogP contribution in [0.5, 0.6) is 0 Å². The van der Waals surface area contributed by atoms with Crippen molar-refractivity contribution in [1.82, 2.24) is 0 Å². The van der Waals surface area contributed by atoms with Gasteiger partial charge in [-0.15, -0.1) is 0 Å². The number of carbonyl (C=O) groups excluding carboxylic acids is 2. The number of aliphatic carboxylic acids is 2. The molecule has 2 unspecified atom stereocenters. The van der Waals surface area contributed by atoms with Gasteiger partial charge < -0.3 is 25.3 Å². The van der Waals surface area contributed by atoms with Gasteiger partial charge in [0.25, 0.3) is 0 Å². The van der Waals surface area contributed by atoms with Crippen molar-refractivity contribution in [3.63, 3.8) is 0 Å². The van der Waals surface area contributed by atoms with Gasteiger partial charge in [0, 0.05) is 11.9 Å². The molecule has 2 atom stereocenters. The van der Waals surface area contributed by atoms with Gasteiger partial charge in [0.1, 0.15) is 0 Å². The second-order valence-electron chi connectivity index (χ2n) is 5.13. The first-order valence-corrected chi connectivity index (χ1v) is 7.86. The Hall–Kier alpha value is -0.568. The van der Waals surface area contributed by atoms with Gasteiger partial charge in [-0.1, -0.05) is 53.4 Å². The van der Waals surface area contributed by atoms with E-state index >= 15 is 0 Å². The van der Waals surface area contributed by atoms with Crippen LogP contribution in [0.25, 0.3) is 0 Å². The van der Waals surface area contributed by atoms with Gasteiger partial charge in [-0.3, -0.25) is 0 Å². The van der Waals surface area contributed by atoms with E-state index in [1.165, 1.54) is 0 Å². The van der Waals surface area contributed by atoms with Crippen molar-refractivity contribution in [1.29, 1.82) is 0 Å². The van der Waals surface area contributed by atoms with Crippen LogP contribution in [0.15, 0.2) is 0 Å². The standard InChI is InChI=1S/2C8H16O2.Al.H2O/c2*1-3-5-6-7(4-2)8(9)10;;/h2*7H,3-6H2,1-2H3,(H,9,10);;1H2/q;;+3;/p-3. The molecule has 0 amide bonds. The van der Waals surface area contributed by atoms with E-state index in [-0.39, 0.29) is 34.7 Å². The van der Waals surface area contributed by atoms with Crippen molar-refractivity contribution >= 4 is 29.3 Å². The Morgan fingerprint density at radius 3 is 1.18 bits per heavy atom. The third-order valence-corrected chi connectivity index (χ3v) is 3.46. The SMILES string of the molecule is CCCCC(CC)C(=O)[O-].CCCCC(CC)C(=O)[O-].[Al+3].[OH-]. The minimum atomic E-state index is -0.893. The van der Waals surface area contributed by atoms with Crippen LogP contribution < -0.4 is 10.2 Å². The summed E-state index contributed by atoms with van der Waals surface area (Å²) < 4.78 is 0. The second kappa shape index (κ2) is 20.4. The number of rotatable bonds is 10. The summed E-state index contributed by atoms with van der Waals surface area (Å²) in [7, 11) is 0. The van der Waals surface area contributed by atoms with Crippen LogP contribution in [0.2, 0.25) is 0 Å². The Labute approximate surface area is 145 Å². The van der Waals surface area contributed by atoms with Crippen LogP contribution in [-0.4, -0.2) is 34.8 Å². The third kappa shape index (κ3) is 17.5. The van der Waals surface area contributed by atoms with Crippen LogP contribution in [0.1, 0.15) is 79.1 Å². The predicted octanol–water partition coefficient (Wildman–Crippen LogP) is 1.35. The molecule has 0 aliphatic carbocycles. The van der Waals surface area contributed by atoms with E-state index in [0.717, 1.165) is 38.5 Å². The molecule has 0 aromatic carbocycles. The molecule has 0 aromatic heterocycles. The van der Waals surface area contributed by atoms with Gasteiger partial charge in [0.15, 0.2) is 0 Å². The van der Waals surface area contributed by atoms with E-state index in [1.54, 1.807) is 0 Å². The van der Waals surface area contributed by atoms with Crippen LogP contribution >= 0.6 is 0 Å². The molecule has 0 radical (unpaired) electrons. The molecule has 1 N–H and O–H groups in total. The maximum absolute atomic E-state index is 10.3. The molecule has 0 heterocycles. The molecule has 0 saturated heterocycles. The molecular formula is C16H31AlO5. The Bertz CT molecular complexity index is 233. The molecule has 0 bridgehead atoms. The summed E-state index contributed by atoms with van der Waals surface area (Å²) in [6, 6.07) is 0. The molecule has 0 aliphatic rings. The number of carbonyl (C=O) groups is 2. The first kappa shape index (κ1) is 29.4. The van der Waals surface area contributed by atoms with E-state index in [1.807, 2.05) is 13.8 Å². The van der Waals surface area contributed by atoms with Crippen molar-refractivity contribution in [3.05, 3.63) is 0 Å². The van der Waals surface area contributed by atoms with Gasteiger partial charge in [-0.2, -0.15) is 0 Å². The van der Waals surface area contributed by atoms with Gasteiger partial charge in [-0.05, 0) is 37.5 Å². The van der Waals surface area contributed by atoms with Crippen molar-refractivity contribution in [3.8, 4) is 0 Å². The van der Waals surface area contributed by atoms with Crippen molar-refractivity contribution in [2.24, 2.45) is 11.8 Å². The summed E-state index contributed by atoms with van der Waals surface area (Å²) in [5, 5.41) is 20.7. The first-order chi connectivity index (χ1) is 9.44. The van der Waals surface area contributed by atoms with Crippen molar-refractivity contribution < 1.29 is 25.3 Å². The molecule has 128 valence electrons. The normalized spacial score (nSPS) is 11.8. The molecule has 6 heteroatoms. The minimum Gasteiger partial charge on any atom is -0.870 e. The van der Waals surface area contributed by atoms with Gasteiger partial charge in [0.05, 0.1) is 0 Å². The van der Waals surface area contributed by atoms with Gasteiger partial charge in [0.2, 0.25) is 0 Å². The summed E-state index contributed by atoms with van der Waals surface area (Å²) in [5.41, 5.74) is 0. The van der Waals surface area contributed by atoms with Crippen LogP contribution in [0.4, 0.5) is 0 Å². The van der Waals surface area contributed by atoms with E-state index in [4.69, 9.17) is 0 Å². The second-order valence-corrected chi connectivity index (χ2v) is 5.13. The van der Waals surface area contributed by atoms with Gasteiger partial charge >= 0.3 is 17.4 Å². The van der Waals surface area contributed by atoms with E-state index in [9.17, 15) is 19.8 Å². The molecule has 0 aromatic rings. The minimum absolute atomic E-state index is 0. The Balaban J connectivity index is -0.000000135. The fourth-order valence-corrected chi connectivity index (χ4v) is 1.88. The molecule has 0 rings (SSSR count). The van der Waals surface area contributed by atoms with Crippen molar-refractivity contribution in [2.75, 3.05) is 0 Å². The fourth-order valence-electron chi connectivity index (χ4n) is 1.88. The maximum Gasteiger partial charge on any atom is 3.00 e. The molecule has 5 nitrogen and oxygen atoms in total. The van der Waals surface area contributed by atoms with E-state index in [2.05, 4.69) is 13.8 Å². The zero-order chi connectivity index (χ0) is 16.0. The summed E-state index contributed by atoms with van der Waals surface area (Å²) in [5.74, 6) is -2.23. The van der Waals surface area contributed by atoms with Crippen LogP contribution in [-0.2, 0) is 9.59 Å². The Kier molecular flexibility index (Phi) is 27.3. The first-order valence-electron chi connectivity index (χ1n) is 7.86. The monoisotopic (exact) mass is 330 g/mol. The molecule has 0 spiro atoms. The number of hydrogen-bond donors (Lipinski definition) is 0. The van der Waals surface area contributed by atoms with Gasteiger partial charge in [-0.25, -0.2) is 0 Å². The molecule has 0 fully saturated rings. The zero-order valence-corrected chi connectivity index (χ0v) is 15.6. The number of carboxylic acids is 2. The predicted molar refractivity (Wildman–Crippen MR) is 84.3 cm³/mol. The average Bonchev–Trinajstić information content (AvgIpc) is 2.40. The van der Waals surface area contributed by atoms with Crippen molar-refractivity contribution in [2.45, 2.75) is 79.1 Å². The van der Waals surface area contributed by atoms with Crippen LogP contribution in [0.3, 0.4) is 0 Å². The van der Waals surface area contributed by atoms with Crippen LogP contribution in [0, 0.1) is 11.8 Å². The third-order valence-electron chi connectivity index (χ3n) is 3.46. The largest absolute Gasteiger partial charge is 3.00 e. The Morgan fingerprint density at radius 2 is 1.05 bits per heavy atom. The number of hydrogen-bond acceptors (Lipinski definition) is 5. The number of unbranched alkanes of at least 4 members (excludes halogenated alkanes) is 2. The quantitative estimate of drug-likeness (QED) is 0.561. The fraction of sp³-hybridized carbons (Fsp3) is 0.875. The summed E-state index contributed by atoms with van der Waals surface area (Å²) in [6.45, 7) is 7.89. The summed E-state index contributed by atoms with van der Waals surface area (Å²) >= 11 is 0. The molecule has 0 saturated carbocycles. The zero-order valence-electron chi connectivity index (χ0n) is 14.5. The van der Waals surface area contributed by atoms with E-state index < -0.39 is 11.9 Å². The Morgan fingerprint density at radius 1 is 0.773 bits per heavy atom. The smallest absolute Gasteiger partial charge is 0.870 e. The average molecular weight is 330 g/mol. The topological polar surface area (TPSA) is 110 Å². The summed E-state index contributed by atoms with van der Waals surface area (Å²) in [6.07, 6.45) is 7.04. The number of carboxylic acid groups (broad SMARTS) is 2. The molecule has 0 aliphatic heterocycles. The maximum atomic E-state index is 10.3. The molecular weight excluding hydrogens is 299 g/mol.